The molecule has 112 valence electrons. The molecule has 1 fully saturated rings. The topological polar surface area (TPSA) is 55.6 Å². The van der Waals surface area contributed by atoms with Crippen LogP contribution in [0, 0.1) is 0 Å². The molecule has 0 aliphatic heterocycles. The van der Waals surface area contributed by atoms with Gasteiger partial charge in [-0.2, -0.15) is 5.10 Å². The fourth-order valence-corrected chi connectivity index (χ4v) is 2.98. The fraction of sp³-hybridized carbons (Fsp3) is 0.533. The van der Waals surface area contributed by atoms with Gasteiger partial charge in [-0.05, 0) is 48.2 Å². The number of nitrogens with one attached hydrogen (secondary N) is 1. The number of halogens is 1. The van der Waals surface area contributed by atoms with Gasteiger partial charge in [0.25, 0.3) is 0 Å². The summed E-state index contributed by atoms with van der Waals surface area (Å²) in [5.74, 6) is 2.23. The molecule has 0 spiro atoms. The van der Waals surface area contributed by atoms with Gasteiger partial charge in [0.05, 0.1) is 10.2 Å². The number of anilines is 1. The third-order valence-electron chi connectivity index (χ3n) is 3.63. The number of aromatic nitrogens is 4. The molecule has 3 rings (SSSR count). The normalized spacial score (nSPS) is 14.4. The minimum absolute atomic E-state index is 0.571. The van der Waals surface area contributed by atoms with Crippen molar-refractivity contribution in [3.63, 3.8) is 0 Å². The molecule has 6 heteroatoms. The highest BCUT2D eigenvalue weighted by atomic mass is 79.9. The monoisotopic (exact) mass is 349 g/mol. The van der Waals surface area contributed by atoms with E-state index in [9.17, 15) is 0 Å². The first-order valence-electron chi connectivity index (χ1n) is 7.58. The first-order chi connectivity index (χ1) is 10.2. The SMILES string of the molecule is CCCNc1nc(-c2ccnn2CC)nc(C2CC2)c1Br. The summed E-state index contributed by atoms with van der Waals surface area (Å²) in [5, 5.41) is 7.72. The lowest BCUT2D eigenvalue weighted by Gasteiger charge is -2.13. The van der Waals surface area contributed by atoms with Crippen LogP contribution >= 0.6 is 15.9 Å². The molecule has 1 saturated carbocycles. The molecule has 0 aromatic carbocycles. The van der Waals surface area contributed by atoms with E-state index in [0.29, 0.717) is 5.92 Å². The van der Waals surface area contributed by atoms with Gasteiger partial charge < -0.3 is 5.32 Å². The largest absolute Gasteiger partial charge is 0.369 e. The lowest BCUT2D eigenvalue weighted by atomic mass is 10.2. The molecule has 0 unspecified atom stereocenters. The number of nitrogens with zero attached hydrogens (tertiary/aromatic N) is 4. The van der Waals surface area contributed by atoms with E-state index in [-0.39, 0.29) is 0 Å². The van der Waals surface area contributed by atoms with E-state index < -0.39 is 0 Å². The summed E-state index contributed by atoms with van der Waals surface area (Å²) in [6, 6.07) is 1.98. The van der Waals surface area contributed by atoms with Gasteiger partial charge in [-0.15, -0.1) is 0 Å². The minimum atomic E-state index is 0.571. The predicted molar refractivity (Wildman–Crippen MR) is 87.4 cm³/mol. The molecule has 1 N–H and O–H groups in total. The molecule has 0 atom stereocenters. The second-order valence-corrected chi connectivity index (χ2v) is 6.12. The zero-order valence-corrected chi connectivity index (χ0v) is 14.0. The average Bonchev–Trinajstić information content (AvgIpc) is 3.23. The van der Waals surface area contributed by atoms with Crippen LogP contribution in [0.1, 0.15) is 44.7 Å². The highest BCUT2D eigenvalue weighted by molar-refractivity contribution is 9.10. The maximum absolute atomic E-state index is 4.80. The molecule has 0 radical (unpaired) electrons. The van der Waals surface area contributed by atoms with Crippen molar-refractivity contribution >= 4 is 21.7 Å². The summed E-state index contributed by atoms with van der Waals surface area (Å²) >= 11 is 3.68. The molecular weight excluding hydrogens is 330 g/mol. The van der Waals surface area contributed by atoms with Gasteiger partial charge in [-0.3, -0.25) is 4.68 Å². The van der Waals surface area contributed by atoms with Crippen molar-refractivity contribution in [3.8, 4) is 11.5 Å². The Bertz CT molecular complexity index is 633. The smallest absolute Gasteiger partial charge is 0.180 e. The third kappa shape index (κ3) is 2.95. The van der Waals surface area contributed by atoms with Crippen molar-refractivity contribution < 1.29 is 0 Å². The summed E-state index contributed by atoms with van der Waals surface area (Å²) in [7, 11) is 0. The molecule has 0 saturated heterocycles. The summed E-state index contributed by atoms with van der Waals surface area (Å²) in [6.45, 7) is 5.95. The van der Waals surface area contributed by atoms with Crippen molar-refractivity contribution in [2.75, 3.05) is 11.9 Å². The Morgan fingerprint density at radius 2 is 2.14 bits per heavy atom. The third-order valence-corrected chi connectivity index (χ3v) is 4.41. The van der Waals surface area contributed by atoms with Gasteiger partial charge in [-0.1, -0.05) is 6.92 Å². The van der Waals surface area contributed by atoms with E-state index in [0.717, 1.165) is 47.0 Å². The lowest BCUT2D eigenvalue weighted by molar-refractivity contribution is 0.663. The molecule has 2 heterocycles. The van der Waals surface area contributed by atoms with Gasteiger partial charge in [0, 0.05) is 25.2 Å². The zero-order valence-electron chi connectivity index (χ0n) is 12.4. The average molecular weight is 350 g/mol. The summed E-state index contributed by atoms with van der Waals surface area (Å²) in [5.41, 5.74) is 2.11. The van der Waals surface area contributed by atoms with Gasteiger partial charge in [0.2, 0.25) is 0 Å². The second-order valence-electron chi connectivity index (χ2n) is 5.33. The molecule has 21 heavy (non-hydrogen) atoms. The summed E-state index contributed by atoms with van der Waals surface area (Å²) in [4.78, 5) is 9.50. The van der Waals surface area contributed by atoms with Gasteiger partial charge in [0.1, 0.15) is 11.5 Å². The minimum Gasteiger partial charge on any atom is -0.369 e. The Balaban J connectivity index is 2.05. The summed E-state index contributed by atoms with van der Waals surface area (Å²) < 4.78 is 2.95. The second kappa shape index (κ2) is 6.13. The molecule has 2 aromatic heterocycles. The van der Waals surface area contributed by atoms with Crippen molar-refractivity contribution in [2.24, 2.45) is 0 Å². The van der Waals surface area contributed by atoms with Gasteiger partial charge in [0.15, 0.2) is 5.82 Å². The number of hydrogen-bond acceptors (Lipinski definition) is 4. The van der Waals surface area contributed by atoms with Crippen LogP contribution in [-0.2, 0) is 6.54 Å². The summed E-state index contributed by atoms with van der Waals surface area (Å²) in [6.07, 6.45) is 5.31. The standard InChI is InChI=1S/C15H20BrN5/c1-3-8-17-15-12(16)13(10-5-6-10)19-14(20-15)11-7-9-18-21(11)4-2/h7,9-10H,3-6,8H2,1-2H3,(H,17,19,20). The van der Waals surface area contributed by atoms with Gasteiger partial charge in [-0.25, -0.2) is 9.97 Å². The molecule has 1 aliphatic rings. The van der Waals surface area contributed by atoms with Crippen molar-refractivity contribution in [2.45, 2.75) is 45.6 Å². The molecule has 0 bridgehead atoms. The molecular formula is C15H20BrN5. The first-order valence-corrected chi connectivity index (χ1v) is 8.37. The van der Waals surface area contributed by atoms with Crippen LogP contribution in [0.4, 0.5) is 5.82 Å². The van der Waals surface area contributed by atoms with Crippen LogP contribution in [0.3, 0.4) is 0 Å². The van der Waals surface area contributed by atoms with Crippen LogP contribution in [-0.4, -0.2) is 26.3 Å². The van der Waals surface area contributed by atoms with E-state index in [4.69, 9.17) is 9.97 Å². The van der Waals surface area contributed by atoms with Crippen molar-refractivity contribution in [1.29, 1.82) is 0 Å². The first kappa shape index (κ1) is 14.5. The van der Waals surface area contributed by atoms with E-state index in [1.54, 1.807) is 6.20 Å². The Morgan fingerprint density at radius 3 is 2.81 bits per heavy atom. The van der Waals surface area contributed by atoms with Crippen molar-refractivity contribution in [1.82, 2.24) is 19.7 Å². The van der Waals surface area contributed by atoms with Crippen molar-refractivity contribution in [3.05, 3.63) is 22.4 Å². The fourth-order valence-electron chi connectivity index (χ4n) is 2.34. The van der Waals surface area contributed by atoms with Crippen LogP contribution < -0.4 is 5.32 Å². The van der Waals surface area contributed by atoms with Crippen LogP contribution in [0.2, 0.25) is 0 Å². The van der Waals surface area contributed by atoms with Crippen LogP contribution in [0.5, 0.6) is 0 Å². The highest BCUT2D eigenvalue weighted by Crippen LogP contribution is 2.44. The maximum Gasteiger partial charge on any atom is 0.180 e. The Hall–Kier alpha value is -1.43. The Kier molecular flexibility index (Phi) is 4.24. The molecule has 5 nitrogen and oxygen atoms in total. The maximum atomic E-state index is 4.80. The van der Waals surface area contributed by atoms with Crippen LogP contribution in [0.15, 0.2) is 16.7 Å². The van der Waals surface area contributed by atoms with E-state index in [1.165, 1.54) is 12.8 Å². The Labute approximate surface area is 133 Å². The lowest BCUT2D eigenvalue weighted by Crippen LogP contribution is -2.09. The van der Waals surface area contributed by atoms with E-state index >= 15 is 0 Å². The predicted octanol–water partition coefficient (Wildman–Crippen LogP) is 3.82. The number of hydrogen-bond donors (Lipinski definition) is 1. The zero-order chi connectivity index (χ0) is 14.8. The van der Waals surface area contributed by atoms with E-state index in [1.807, 2.05) is 10.7 Å². The van der Waals surface area contributed by atoms with E-state index in [2.05, 4.69) is 40.2 Å². The number of aryl methyl sites for hydroxylation is 1. The molecule has 0 amide bonds. The molecule has 2 aromatic rings. The van der Waals surface area contributed by atoms with Crippen LogP contribution in [0.25, 0.3) is 11.5 Å². The Morgan fingerprint density at radius 1 is 1.33 bits per heavy atom. The van der Waals surface area contributed by atoms with Gasteiger partial charge >= 0.3 is 0 Å². The molecule has 1 aliphatic carbocycles. The number of rotatable bonds is 6. The quantitative estimate of drug-likeness (QED) is 0.861. The highest BCUT2D eigenvalue weighted by Gasteiger charge is 2.30.